The molecule has 4 heteroatoms. The van der Waals surface area contributed by atoms with E-state index in [4.69, 9.17) is 4.74 Å². The Labute approximate surface area is 186 Å². The summed E-state index contributed by atoms with van der Waals surface area (Å²) < 4.78 is 23.8. The van der Waals surface area contributed by atoms with Gasteiger partial charge in [0.05, 0.1) is 5.56 Å². The van der Waals surface area contributed by atoms with Crippen LogP contribution in [-0.2, 0) is 13.0 Å². The lowest BCUT2D eigenvalue weighted by atomic mass is 9.91. The largest absolute Gasteiger partial charge is 0.489 e. The molecule has 0 aliphatic carbocycles. The summed E-state index contributed by atoms with van der Waals surface area (Å²) in [6.45, 7) is 4.98. The fourth-order valence-electron chi connectivity index (χ4n) is 3.93. The van der Waals surface area contributed by atoms with Gasteiger partial charge in [0.1, 0.15) is 18.9 Å². The summed E-state index contributed by atoms with van der Waals surface area (Å²) in [6.07, 6.45) is 0.869. The van der Waals surface area contributed by atoms with Gasteiger partial charge in [-0.15, -0.1) is 0 Å². The summed E-state index contributed by atoms with van der Waals surface area (Å²) in [6, 6.07) is 24.7. The number of alkyl halides is 1. The first-order chi connectivity index (χ1) is 14.4. The Hall–Kier alpha value is -2.46. The minimum atomic E-state index is -1.27. The Morgan fingerprint density at radius 2 is 1.73 bits per heavy atom. The van der Waals surface area contributed by atoms with Crippen LogP contribution in [0.1, 0.15) is 36.1 Å². The van der Waals surface area contributed by atoms with Crippen LogP contribution in [0.3, 0.4) is 0 Å². The van der Waals surface area contributed by atoms with Crippen molar-refractivity contribution in [1.29, 1.82) is 0 Å². The van der Waals surface area contributed by atoms with Crippen LogP contribution in [0.5, 0.6) is 5.75 Å². The van der Waals surface area contributed by atoms with Crippen molar-refractivity contribution in [3.05, 3.63) is 99.5 Å². The smallest absolute Gasteiger partial charge is 0.214 e. The van der Waals surface area contributed by atoms with E-state index in [1.165, 1.54) is 5.56 Å². The molecule has 4 rings (SSSR count). The molecule has 0 N–H and O–H groups in total. The van der Waals surface area contributed by atoms with Crippen molar-refractivity contribution in [2.75, 3.05) is 13.1 Å². The lowest BCUT2D eigenvalue weighted by molar-refractivity contribution is -0.540. The Kier molecular flexibility index (Phi) is 6.05. The van der Waals surface area contributed by atoms with Crippen LogP contribution in [0.25, 0.3) is 0 Å². The summed E-state index contributed by atoms with van der Waals surface area (Å²) in [7, 11) is 0. The van der Waals surface area contributed by atoms with E-state index in [0.717, 1.165) is 45.6 Å². The van der Waals surface area contributed by atoms with Gasteiger partial charge >= 0.3 is 0 Å². The van der Waals surface area contributed by atoms with Gasteiger partial charge in [-0.2, -0.15) is 0 Å². The van der Waals surface area contributed by atoms with Crippen LogP contribution in [-0.4, -0.2) is 29.0 Å². The first-order valence-electron chi connectivity index (χ1n) is 10.3. The molecule has 0 unspecified atom stereocenters. The van der Waals surface area contributed by atoms with E-state index in [-0.39, 0.29) is 0 Å². The zero-order chi connectivity index (χ0) is 21.1. The van der Waals surface area contributed by atoms with Crippen molar-refractivity contribution in [2.45, 2.75) is 32.5 Å². The minimum Gasteiger partial charge on any atom is -0.489 e. The average molecular weight is 467 g/mol. The topological polar surface area (TPSA) is 12.2 Å². The van der Waals surface area contributed by atoms with Crippen LogP contribution >= 0.6 is 15.9 Å². The second kappa shape index (κ2) is 8.73. The van der Waals surface area contributed by atoms with Gasteiger partial charge in [0.15, 0.2) is 12.2 Å². The summed E-state index contributed by atoms with van der Waals surface area (Å²) >= 11 is 3.51. The van der Waals surface area contributed by atoms with Gasteiger partial charge in [-0.25, -0.2) is 8.97 Å². The third-order valence-electron chi connectivity index (χ3n) is 5.23. The van der Waals surface area contributed by atoms with Crippen LogP contribution in [0.2, 0.25) is 0 Å². The van der Waals surface area contributed by atoms with Crippen molar-refractivity contribution in [3.63, 3.8) is 0 Å². The molecule has 1 aliphatic heterocycles. The zero-order valence-corrected chi connectivity index (χ0v) is 19.0. The molecular weight excluding hydrogens is 441 g/mol. The van der Waals surface area contributed by atoms with Crippen LogP contribution in [0.4, 0.5) is 4.39 Å². The first kappa shape index (κ1) is 20.8. The van der Waals surface area contributed by atoms with E-state index in [2.05, 4.69) is 56.9 Å². The molecule has 0 amide bonds. The lowest BCUT2D eigenvalue weighted by Gasteiger charge is -2.22. The van der Waals surface area contributed by atoms with Crippen molar-refractivity contribution in [1.82, 2.24) is 0 Å². The van der Waals surface area contributed by atoms with Gasteiger partial charge in [-0.05, 0) is 67.4 Å². The summed E-state index contributed by atoms with van der Waals surface area (Å²) in [4.78, 5) is 0. The van der Waals surface area contributed by atoms with Crippen molar-refractivity contribution in [3.8, 4) is 5.75 Å². The Morgan fingerprint density at radius 3 is 2.43 bits per heavy atom. The normalized spacial score (nSPS) is 13.9. The van der Waals surface area contributed by atoms with Gasteiger partial charge < -0.3 is 4.74 Å². The number of halogens is 2. The fourth-order valence-corrected chi connectivity index (χ4v) is 4.20. The quantitative estimate of drug-likeness (QED) is 0.394. The molecule has 154 valence electrons. The molecule has 0 saturated heterocycles. The van der Waals surface area contributed by atoms with Crippen molar-refractivity contribution in [2.24, 2.45) is 0 Å². The van der Waals surface area contributed by atoms with Crippen LogP contribution in [0, 0.1) is 0 Å². The molecule has 0 fully saturated rings. The van der Waals surface area contributed by atoms with Gasteiger partial charge in [0.25, 0.3) is 0 Å². The van der Waals surface area contributed by atoms with E-state index in [0.29, 0.717) is 13.2 Å². The second-order valence-corrected chi connectivity index (χ2v) is 9.25. The number of fused-ring (bicyclic) bond motifs is 1. The molecule has 1 aliphatic rings. The van der Waals surface area contributed by atoms with Crippen molar-refractivity contribution < 1.29 is 13.7 Å². The van der Waals surface area contributed by atoms with Gasteiger partial charge in [-0.3, -0.25) is 0 Å². The number of hydrogen-bond acceptors (Lipinski definition) is 1. The van der Waals surface area contributed by atoms with E-state index >= 15 is 0 Å². The standard InChI is InChI=1S/C26H26BrFNO/c1-26(2,28)18-29-15-14-21-16-23(30-17-19-6-4-3-5-7-19)12-13-24(21)25(29)20-8-10-22(27)11-9-20/h3-13,16H,14-15,17-18H2,1-2H3/q+1. The number of ether oxygens (including phenoxy) is 1. The molecule has 2 nitrogen and oxygen atoms in total. The van der Waals surface area contributed by atoms with E-state index in [9.17, 15) is 4.39 Å². The molecule has 0 aromatic heterocycles. The molecular formula is C26H26BrFNO+. The zero-order valence-electron chi connectivity index (χ0n) is 17.4. The molecule has 0 saturated carbocycles. The number of nitrogens with zero attached hydrogens (tertiary/aromatic N) is 1. The third-order valence-corrected chi connectivity index (χ3v) is 5.76. The predicted octanol–water partition coefficient (Wildman–Crippen LogP) is 6.18. The Bertz CT molecular complexity index is 1050. The molecule has 3 aromatic rings. The molecule has 0 atom stereocenters. The van der Waals surface area contributed by atoms with Gasteiger partial charge in [-0.1, -0.05) is 46.3 Å². The molecule has 30 heavy (non-hydrogen) atoms. The summed E-state index contributed by atoms with van der Waals surface area (Å²) in [5.41, 5.74) is 4.46. The van der Waals surface area contributed by atoms with Gasteiger partial charge in [0.2, 0.25) is 5.71 Å². The summed E-state index contributed by atoms with van der Waals surface area (Å²) in [5.74, 6) is 0.868. The highest BCUT2D eigenvalue weighted by molar-refractivity contribution is 9.10. The minimum absolute atomic E-state index is 0.365. The fraction of sp³-hybridized carbons (Fsp3) is 0.269. The highest BCUT2D eigenvalue weighted by atomic mass is 79.9. The number of benzene rings is 3. The Morgan fingerprint density at radius 1 is 1.00 bits per heavy atom. The maximum absolute atomic E-state index is 14.5. The third kappa shape index (κ3) is 4.99. The molecule has 0 bridgehead atoms. The first-order valence-corrected chi connectivity index (χ1v) is 11.1. The molecule has 0 radical (unpaired) electrons. The Balaban J connectivity index is 1.68. The summed E-state index contributed by atoms with van der Waals surface area (Å²) in [5, 5.41) is 0. The monoisotopic (exact) mass is 466 g/mol. The highest BCUT2D eigenvalue weighted by Gasteiger charge is 2.32. The van der Waals surface area contributed by atoms with Crippen LogP contribution < -0.4 is 4.74 Å². The van der Waals surface area contributed by atoms with E-state index in [1.807, 2.05) is 36.4 Å². The highest BCUT2D eigenvalue weighted by Crippen LogP contribution is 2.27. The van der Waals surface area contributed by atoms with E-state index < -0.39 is 5.67 Å². The second-order valence-electron chi connectivity index (χ2n) is 8.34. The number of hydrogen-bond donors (Lipinski definition) is 0. The molecule has 0 spiro atoms. The molecule has 1 heterocycles. The maximum atomic E-state index is 14.5. The van der Waals surface area contributed by atoms with E-state index in [1.54, 1.807) is 13.8 Å². The van der Waals surface area contributed by atoms with Gasteiger partial charge in [0, 0.05) is 16.5 Å². The lowest BCUT2D eigenvalue weighted by Crippen LogP contribution is -2.38. The average Bonchev–Trinajstić information content (AvgIpc) is 2.72. The maximum Gasteiger partial charge on any atom is 0.214 e. The predicted molar refractivity (Wildman–Crippen MR) is 123 cm³/mol. The SMILES string of the molecule is CC(C)(F)C[N+]1=C(c2ccc(Br)cc2)c2ccc(OCc3ccccc3)cc2CC1. The van der Waals surface area contributed by atoms with Crippen LogP contribution in [0.15, 0.2) is 77.3 Å². The molecule has 3 aromatic carbocycles. The van der Waals surface area contributed by atoms with Crippen molar-refractivity contribution >= 4 is 21.6 Å². The number of rotatable bonds is 6.